The minimum atomic E-state index is -0.254. The van der Waals surface area contributed by atoms with Crippen molar-refractivity contribution in [1.82, 2.24) is 14.7 Å². The van der Waals surface area contributed by atoms with Gasteiger partial charge in [-0.3, -0.25) is 19.4 Å². The van der Waals surface area contributed by atoms with Crippen LogP contribution in [0.3, 0.4) is 0 Å². The molecule has 2 N–H and O–H groups in total. The number of piperidine rings is 1. The van der Waals surface area contributed by atoms with Gasteiger partial charge in [-0.15, -0.1) is 0 Å². The molecule has 0 radical (unpaired) electrons. The van der Waals surface area contributed by atoms with Crippen LogP contribution in [0.25, 0.3) is 0 Å². The van der Waals surface area contributed by atoms with Crippen molar-refractivity contribution >= 4 is 11.8 Å². The Morgan fingerprint density at radius 3 is 2.26 bits per heavy atom. The highest BCUT2D eigenvalue weighted by atomic mass is 19.1. The van der Waals surface area contributed by atoms with Crippen molar-refractivity contribution in [3.63, 3.8) is 0 Å². The van der Waals surface area contributed by atoms with Gasteiger partial charge in [0.05, 0.1) is 6.54 Å². The molecule has 0 unspecified atom stereocenters. The van der Waals surface area contributed by atoms with Gasteiger partial charge in [-0.25, -0.2) is 4.39 Å². The van der Waals surface area contributed by atoms with Gasteiger partial charge in [0.2, 0.25) is 11.8 Å². The van der Waals surface area contributed by atoms with Gasteiger partial charge in [-0.1, -0.05) is 12.1 Å². The number of nitrogens with two attached hydrogens (primary N) is 1. The van der Waals surface area contributed by atoms with Crippen LogP contribution in [-0.4, -0.2) is 72.3 Å². The van der Waals surface area contributed by atoms with Gasteiger partial charge in [0.1, 0.15) is 5.82 Å². The van der Waals surface area contributed by atoms with Crippen LogP contribution in [0.5, 0.6) is 0 Å². The molecule has 0 atom stereocenters. The SMILES string of the molecule is NC(=O)C1CCN(C(=O)CN2CCCN(Cc3ccc(F)cc3)CC2)CC1. The predicted molar refractivity (Wildman–Crippen MR) is 101 cm³/mol. The summed E-state index contributed by atoms with van der Waals surface area (Å²) in [6.45, 7) is 6.12. The van der Waals surface area contributed by atoms with E-state index in [1.807, 2.05) is 17.0 Å². The van der Waals surface area contributed by atoms with Crippen molar-refractivity contribution in [1.29, 1.82) is 0 Å². The third-order valence-electron chi connectivity index (χ3n) is 5.61. The van der Waals surface area contributed by atoms with Crippen molar-refractivity contribution in [3.05, 3.63) is 35.6 Å². The molecule has 2 saturated heterocycles. The number of hydrogen-bond acceptors (Lipinski definition) is 4. The Kier molecular flexibility index (Phi) is 6.79. The zero-order valence-electron chi connectivity index (χ0n) is 15.8. The Morgan fingerprint density at radius 1 is 0.963 bits per heavy atom. The number of carbonyl (C=O) groups is 2. The zero-order chi connectivity index (χ0) is 19.2. The van der Waals surface area contributed by atoms with Crippen molar-refractivity contribution in [2.24, 2.45) is 11.7 Å². The molecule has 27 heavy (non-hydrogen) atoms. The smallest absolute Gasteiger partial charge is 0.236 e. The number of hydrogen-bond donors (Lipinski definition) is 1. The summed E-state index contributed by atoms with van der Waals surface area (Å²) >= 11 is 0. The number of benzene rings is 1. The molecular weight excluding hydrogens is 347 g/mol. The monoisotopic (exact) mass is 376 g/mol. The van der Waals surface area contributed by atoms with E-state index >= 15 is 0 Å². The van der Waals surface area contributed by atoms with E-state index in [0.29, 0.717) is 32.5 Å². The molecule has 7 heteroatoms. The van der Waals surface area contributed by atoms with Crippen LogP contribution < -0.4 is 5.73 Å². The lowest BCUT2D eigenvalue weighted by Crippen LogP contribution is -2.46. The molecule has 1 aromatic rings. The van der Waals surface area contributed by atoms with Crippen LogP contribution in [0.1, 0.15) is 24.8 Å². The molecule has 2 amide bonds. The van der Waals surface area contributed by atoms with E-state index in [-0.39, 0.29) is 23.5 Å². The number of carbonyl (C=O) groups excluding carboxylic acids is 2. The molecule has 0 saturated carbocycles. The topological polar surface area (TPSA) is 69.9 Å². The molecule has 0 spiro atoms. The first kappa shape index (κ1) is 19.8. The molecule has 0 bridgehead atoms. The summed E-state index contributed by atoms with van der Waals surface area (Å²) < 4.78 is 13.0. The number of amides is 2. The van der Waals surface area contributed by atoms with Gasteiger partial charge in [-0.2, -0.15) is 0 Å². The predicted octanol–water partition coefficient (Wildman–Crippen LogP) is 1.06. The lowest BCUT2D eigenvalue weighted by molar-refractivity contribution is -0.135. The average molecular weight is 376 g/mol. The van der Waals surface area contributed by atoms with Crippen molar-refractivity contribution in [2.45, 2.75) is 25.8 Å². The summed E-state index contributed by atoms with van der Waals surface area (Å²) in [6, 6.07) is 6.66. The standard InChI is InChI=1S/C20H29FN4O2/c21-18-4-2-16(3-5-18)14-23-8-1-9-24(13-12-23)15-19(26)25-10-6-17(7-11-25)20(22)27/h2-5,17H,1,6-15H2,(H2,22,27). The van der Waals surface area contributed by atoms with Gasteiger partial charge in [0.15, 0.2) is 0 Å². The maximum atomic E-state index is 13.0. The number of primary amides is 1. The Hall–Kier alpha value is -1.99. The molecule has 2 heterocycles. The molecule has 6 nitrogen and oxygen atoms in total. The third kappa shape index (κ3) is 5.74. The first-order chi connectivity index (χ1) is 13.0. The first-order valence-electron chi connectivity index (χ1n) is 9.77. The van der Waals surface area contributed by atoms with E-state index in [9.17, 15) is 14.0 Å². The Morgan fingerprint density at radius 2 is 1.59 bits per heavy atom. The van der Waals surface area contributed by atoms with E-state index in [2.05, 4.69) is 9.80 Å². The Bertz CT molecular complexity index is 644. The van der Waals surface area contributed by atoms with Crippen LogP contribution in [0.4, 0.5) is 4.39 Å². The summed E-state index contributed by atoms with van der Waals surface area (Å²) in [7, 11) is 0. The molecule has 1 aromatic carbocycles. The second kappa shape index (κ2) is 9.28. The minimum absolute atomic E-state index is 0.0905. The Balaban J connectivity index is 1.43. The van der Waals surface area contributed by atoms with Crippen LogP contribution in [0.2, 0.25) is 0 Å². The maximum Gasteiger partial charge on any atom is 0.236 e. The molecular formula is C20H29FN4O2. The summed E-state index contributed by atoms with van der Waals surface area (Å²) in [5.41, 5.74) is 6.47. The number of likely N-dealkylation sites (tertiary alicyclic amines) is 1. The summed E-state index contributed by atoms with van der Waals surface area (Å²) in [4.78, 5) is 30.3. The van der Waals surface area contributed by atoms with Gasteiger partial charge >= 0.3 is 0 Å². The van der Waals surface area contributed by atoms with Crippen LogP contribution in [0.15, 0.2) is 24.3 Å². The lowest BCUT2D eigenvalue weighted by Gasteiger charge is -2.32. The second-order valence-electron chi connectivity index (χ2n) is 7.59. The summed E-state index contributed by atoms with van der Waals surface area (Å²) in [6.07, 6.45) is 2.36. The van der Waals surface area contributed by atoms with Crippen LogP contribution in [0, 0.1) is 11.7 Å². The fourth-order valence-corrected chi connectivity index (χ4v) is 3.89. The molecule has 2 fully saturated rings. The van der Waals surface area contributed by atoms with Gasteiger partial charge in [0.25, 0.3) is 0 Å². The molecule has 2 aliphatic rings. The highest BCUT2D eigenvalue weighted by Crippen LogP contribution is 2.17. The summed E-state index contributed by atoms with van der Waals surface area (Å²) in [5, 5.41) is 0. The van der Waals surface area contributed by atoms with E-state index in [0.717, 1.165) is 44.7 Å². The van der Waals surface area contributed by atoms with Gasteiger partial charge in [-0.05, 0) is 50.0 Å². The molecule has 0 aromatic heterocycles. The van der Waals surface area contributed by atoms with Gasteiger partial charge in [0, 0.05) is 38.6 Å². The Labute approximate surface area is 160 Å². The number of halogens is 1. The van der Waals surface area contributed by atoms with Crippen LogP contribution >= 0.6 is 0 Å². The molecule has 148 valence electrons. The van der Waals surface area contributed by atoms with Gasteiger partial charge < -0.3 is 10.6 Å². The molecule has 2 aliphatic heterocycles. The highest BCUT2D eigenvalue weighted by molar-refractivity contribution is 5.80. The zero-order valence-corrected chi connectivity index (χ0v) is 15.8. The van der Waals surface area contributed by atoms with E-state index in [4.69, 9.17) is 5.73 Å². The van der Waals surface area contributed by atoms with Crippen molar-refractivity contribution in [3.8, 4) is 0 Å². The second-order valence-corrected chi connectivity index (χ2v) is 7.59. The van der Waals surface area contributed by atoms with Crippen molar-refractivity contribution < 1.29 is 14.0 Å². The van der Waals surface area contributed by atoms with Crippen molar-refractivity contribution in [2.75, 3.05) is 45.8 Å². The lowest BCUT2D eigenvalue weighted by atomic mass is 9.96. The fourth-order valence-electron chi connectivity index (χ4n) is 3.89. The first-order valence-corrected chi connectivity index (χ1v) is 9.77. The normalized spacial score (nSPS) is 20.4. The number of nitrogens with zero attached hydrogens (tertiary/aromatic N) is 3. The largest absolute Gasteiger partial charge is 0.369 e. The molecule has 3 rings (SSSR count). The third-order valence-corrected chi connectivity index (χ3v) is 5.61. The van der Waals surface area contributed by atoms with E-state index in [1.165, 1.54) is 12.1 Å². The maximum absolute atomic E-state index is 13.0. The van der Waals surface area contributed by atoms with E-state index < -0.39 is 0 Å². The number of rotatable bonds is 5. The minimum Gasteiger partial charge on any atom is -0.369 e. The summed E-state index contributed by atoms with van der Waals surface area (Å²) in [5.74, 6) is -0.410. The highest BCUT2D eigenvalue weighted by Gasteiger charge is 2.27. The fraction of sp³-hybridized carbons (Fsp3) is 0.600. The van der Waals surface area contributed by atoms with E-state index in [1.54, 1.807) is 0 Å². The average Bonchev–Trinajstić information content (AvgIpc) is 2.89. The molecule has 0 aliphatic carbocycles. The van der Waals surface area contributed by atoms with Crippen LogP contribution in [-0.2, 0) is 16.1 Å². The quantitative estimate of drug-likeness (QED) is 0.834.